The van der Waals surface area contributed by atoms with Gasteiger partial charge in [-0.1, -0.05) is 30.0 Å². The predicted molar refractivity (Wildman–Crippen MR) is 44.9 cm³/mol. The molecule has 0 atom stereocenters. The normalized spacial score (nSPS) is 8.55. The van der Waals surface area contributed by atoms with Crippen LogP contribution in [0.5, 0.6) is 0 Å². The van der Waals surface area contributed by atoms with E-state index in [9.17, 15) is 0 Å². The Balaban J connectivity index is 2.95. The molecule has 0 aliphatic rings. The number of hydrogen-bond acceptors (Lipinski definition) is 1. The second kappa shape index (κ2) is 3.80. The Bertz CT molecular complexity index is 291. The Morgan fingerprint density at radius 1 is 1.36 bits per heavy atom. The predicted octanol–water partition coefficient (Wildman–Crippen LogP) is 1.21. The van der Waals surface area contributed by atoms with Gasteiger partial charge in [-0.3, -0.25) is 0 Å². The summed E-state index contributed by atoms with van der Waals surface area (Å²) in [5.74, 6) is 5.37. The van der Waals surface area contributed by atoms with E-state index in [0.717, 1.165) is 11.1 Å². The highest BCUT2D eigenvalue weighted by molar-refractivity contribution is 5.42. The molecule has 0 aliphatic carbocycles. The van der Waals surface area contributed by atoms with Crippen LogP contribution in [0, 0.1) is 18.8 Å². The largest absolute Gasteiger partial charge is 0.384 e. The lowest BCUT2D eigenvalue weighted by Crippen LogP contribution is -1.80. The van der Waals surface area contributed by atoms with Crippen molar-refractivity contribution in [3.63, 3.8) is 0 Å². The van der Waals surface area contributed by atoms with Gasteiger partial charge in [0.05, 0.1) is 0 Å². The fraction of sp³-hybridized carbons (Fsp3) is 0.100. The molecule has 0 spiro atoms. The van der Waals surface area contributed by atoms with Gasteiger partial charge >= 0.3 is 0 Å². The molecule has 0 saturated carbocycles. The molecule has 0 bridgehead atoms. The Labute approximate surface area is 66.7 Å². The maximum Gasteiger partial charge on any atom is 0.104 e. The summed E-state index contributed by atoms with van der Waals surface area (Å²) in [5, 5.41) is 8.42. The number of aliphatic hydroxyl groups excluding tert-OH is 1. The van der Waals surface area contributed by atoms with E-state index in [4.69, 9.17) is 5.11 Å². The second-order valence-corrected chi connectivity index (χ2v) is 2.12. The van der Waals surface area contributed by atoms with Crippen molar-refractivity contribution in [3.8, 4) is 11.8 Å². The van der Waals surface area contributed by atoms with Crippen LogP contribution in [-0.2, 0) is 0 Å². The molecule has 1 nitrogen and oxygen atoms in total. The third-order valence-corrected chi connectivity index (χ3v) is 1.32. The Morgan fingerprint density at radius 3 is 2.73 bits per heavy atom. The summed E-state index contributed by atoms with van der Waals surface area (Å²) in [6.07, 6.45) is 0. The van der Waals surface area contributed by atoms with E-state index in [0.29, 0.717) is 0 Å². The van der Waals surface area contributed by atoms with Gasteiger partial charge in [-0.15, -0.1) is 0 Å². The molecule has 55 valence electrons. The number of rotatable bonds is 0. The molecule has 1 heteroatoms. The molecule has 0 aliphatic heterocycles. The first kappa shape index (κ1) is 7.84. The first-order valence-corrected chi connectivity index (χ1v) is 3.35. The highest BCUT2D eigenvalue weighted by Gasteiger charge is 1.88. The summed E-state index contributed by atoms with van der Waals surface area (Å²) in [7, 11) is 0. The van der Waals surface area contributed by atoms with E-state index in [1.807, 2.05) is 24.3 Å². The third-order valence-electron chi connectivity index (χ3n) is 1.32. The third kappa shape index (κ3) is 2.10. The van der Waals surface area contributed by atoms with Crippen LogP contribution in [0.3, 0.4) is 0 Å². The second-order valence-electron chi connectivity index (χ2n) is 2.12. The van der Waals surface area contributed by atoms with Gasteiger partial charge < -0.3 is 5.11 Å². The Kier molecular flexibility index (Phi) is 2.71. The van der Waals surface area contributed by atoms with Crippen molar-refractivity contribution in [2.45, 2.75) is 0 Å². The van der Waals surface area contributed by atoms with Gasteiger partial charge in [0.25, 0.3) is 0 Å². The maximum atomic E-state index is 8.42. The maximum absolute atomic E-state index is 8.42. The minimum Gasteiger partial charge on any atom is -0.384 e. The smallest absolute Gasteiger partial charge is 0.104 e. The first-order valence-electron chi connectivity index (χ1n) is 3.35. The average molecular weight is 145 g/mol. The Morgan fingerprint density at radius 2 is 2.09 bits per heavy atom. The lowest BCUT2D eigenvalue weighted by Gasteiger charge is -1.93. The Hall–Kier alpha value is -1.26. The van der Waals surface area contributed by atoms with Crippen LogP contribution < -0.4 is 0 Å². The molecule has 1 rings (SSSR count). The van der Waals surface area contributed by atoms with Crippen LogP contribution in [0.2, 0.25) is 0 Å². The van der Waals surface area contributed by atoms with Crippen molar-refractivity contribution in [1.82, 2.24) is 0 Å². The average Bonchev–Trinajstić information content (AvgIpc) is 2.03. The molecular formula is C10H9O. The molecule has 1 N–H and O–H groups in total. The molecule has 0 unspecified atom stereocenters. The fourth-order valence-electron chi connectivity index (χ4n) is 0.777. The van der Waals surface area contributed by atoms with Crippen LogP contribution in [0.4, 0.5) is 0 Å². The lowest BCUT2D eigenvalue weighted by molar-refractivity contribution is 0.350. The van der Waals surface area contributed by atoms with Gasteiger partial charge in [-0.25, -0.2) is 0 Å². The van der Waals surface area contributed by atoms with E-state index in [-0.39, 0.29) is 6.61 Å². The highest BCUT2D eigenvalue weighted by atomic mass is 16.2. The molecule has 0 heterocycles. The summed E-state index contributed by atoms with van der Waals surface area (Å²) in [4.78, 5) is 0. The topological polar surface area (TPSA) is 20.2 Å². The van der Waals surface area contributed by atoms with E-state index in [1.54, 1.807) is 0 Å². The number of aliphatic hydroxyl groups is 1. The van der Waals surface area contributed by atoms with E-state index >= 15 is 0 Å². The summed E-state index contributed by atoms with van der Waals surface area (Å²) in [5.41, 5.74) is 1.77. The first-order chi connectivity index (χ1) is 5.34. The lowest BCUT2D eigenvalue weighted by atomic mass is 10.1. The molecule has 0 aromatic heterocycles. The molecule has 11 heavy (non-hydrogen) atoms. The summed E-state index contributed by atoms with van der Waals surface area (Å²) in [6, 6.07) is 7.58. The minimum atomic E-state index is -0.103. The molecule has 0 amide bonds. The van der Waals surface area contributed by atoms with Gasteiger partial charge in [0.1, 0.15) is 6.61 Å². The summed E-state index contributed by atoms with van der Waals surface area (Å²) >= 11 is 0. The summed E-state index contributed by atoms with van der Waals surface area (Å²) < 4.78 is 0. The molecular weight excluding hydrogens is 136 g/mol. The number of hydrogen-bond donors (Lipinski definition) is 1. The van der Waals surface area contributed by atoms with Gasteiger partial charge in [-0.2, -0.15) is 0 Å². The molecule has 1 aromatic carbocycles. The zero-order valence-corrected chi connectivity index (χ0v) is 6.17. The van der Waals surface area contributed by atoms with Crippen LogP contribution in [0.15, 0.2) is 24.3 Å². The van der Waals surface area contributed by atoms with Crippen LogP contribution in [0.25, 0.3) is 0 Å². The van der Waals surface area contributed by atoms with Crippen molar-refractivity contribution in [3.05, 3.63) is 42.3 Å². The quantitative estimate of drug-likeness (QED) is 0.544. The highest BCUT2D eigenvalue weighted by Crippen LogP contribution is 2.03. The molecule has 1 radical (unpaired) electrons. The van der Waals surface area contributed by atoms with Crippen LogP contribution in [-0.4, -0.2) is 11.7 Å². The monoisotopic (exact) mass is 145 g/mol. The number of benzene rings is 1. The fourth-order valence-corrected chi connectivity index (χ4v) is 0.777. The van der Waals surface area contributed by atoms with Crippen LogP contribution >= 0.6 is 0 Å². The van der Waals surface area contributed by atoms with Crippen LogP contribution in [0.1, 0.15) is 11.1 Å². The van der Waals surface area contributed by atoms with E-state index < -0.39 is 0 Å². The molecule has 0 saturated heterocycles. The van der Waals surface area contributed by atoms with Gasteiger partial charge in [-0.05, 0) is 18.6 Å². The zero-order valence-electron chi connectivity index (χ0n) is 6.17. The zero-order chi connectivity index (χ0) is 8.10. The van der Waals surface area contributed by atoms with Crippen molar-refractivity contribution in [2.24, 2.45) is 0 Å². The van der Waals surface area contributed by atoms with E-state index in [2.05, 4.69) is 18.8 Å². The van der Waals surface area contributed by atoms with Gasteiger partial charge in [0, 0.05) is 5.56 Å². The standard InChI is InChI=1S/C10H9O/c1-9-5-2-3-6-10(9)7-4-8-11/h2-3,5-6,11H,1,8H2. The van der Waals surface area contributed by atoms with Gasteiger partial charge in [0.2, 0.25) is 0 Å². The van der Waals surface area contributed by atoms with E-state index in [1.165, 1.54) is 0 Å². The van der Waals surface area contributed by atoms with Crippen molar-refractivity contribution >= 4 is 0 Å². The molecule has 0 fully saturated rings. The van der Waals surface area contributed by atoms with Crippen molar-refractivity contribution in [2.75, 3.05) is 6.61 Å². The minimum absolute atomic E-state index is 0.103. The van der Waals surface area contributed by atoms with Crippen molar-refractivity contribution in [1.29, 1.82) is 0 Å². The summed E-state index contributed by atoms with van der Waals surface area (Å²) in [6.45, 7) is 3.69. The SMILES string of the molecule is [CH2]c1ccccc1C#CCO. The van der Waals surface area contributed by atoms with Crippen molar-refractivity contribution < 1.29 is 5.11 Å². The van der Waals surface area contributed by atoms with Gasteiger partial charge in [0.15, 0.2) is 0 Å². The molecule has 1 aromatic rings.